The molecule has 11 atom stereocenters. The molecule has 2 saturated heterocycles. The third-order valence-electron chi connectivity index (χ3n) is 7.26. The molecule has 0 aromatic heterocycles. The number of phenolic OH excluding ortho intramolecular Hbond substituents is 1. The molecule has 1 aromatic carbocycles. The molecule has 0 radical (unpaired) electrons. The summed E-state index contributed by atoms with van der Waals surface area (Å²) in [4.78, 5) is 12.9. The van der Waals surface area contributed by atoms with Crippen LogP contribution < -0.4 is 4.74 Å². The first kappa shape index (κ1) is 25.2. The molecule has 4 unspecified atom stereocenters. The molecule has 6 N–H and O–H groups in total. The standard InChI is InChI=1S/C23H28O13/c1-31-12-6-9(2-3-11(12)26)20(30)34-18-10-4-5-32-21(14(10)23(8-25)19(18)36-23)35-22-17(29)16(28)15(27)13(7-24)33-22/h2-6,10,13-19,21-22,24-29H,7-8H2,1H3/t10-,13+,14-,15+,16+,17+,18?,19?,21?,22-,23?/m0/s1. The monoisotopic (exact) mass is 512 g/mol. The van der Waals surface area contributed by atoms with Crippen molar-refractivity contribution in [3.8, 4) is 11.5 Å². The Kier molecular flexibility index (Phi) is 6.59. The fourth-order valence-corrected chi connectivity index (χ4v) is 5.28. The maximum absolute atomic E-state index is 12.9. The molecule has 1 aliphatic carbocycles. The van der Waals surface area contributed by atoms with Crippen LogP contribution in [-0.2, 0) is 23.7 Å². The van der Waals surface area contributed by atoms with Gasteiger partial charge in [-0.1, -0.05) is 0 Å². The van der Waals surface area contributed by atoms with E-state index in [0.717, 1.165) is 0 Å². The van der Waals surface area contributed by atoms with Crippen molar-refractivity contribution < 1.29 is 63.9 Å². The van der Waals surface area contributed by atoms with E-state index in [4.69, 9.17) is 28.4 Å². The zero-order valence-electron chi connectivity index (χ0n) is 19.1. The van der Waals surface area contributed by atoms with E-state index < -0.39 is 85.8 Å². The van der Waals surface area contributed by atoms with Gasteiger partial charge in [0.15, 0.2) is 17.8 Å². The van der Waals surface area contributed by atoms with E-state index in [0.29, 0.717) is 0 Å². The molecule has 3 aliphatic heterocycles. The first-order valence-corrected chi connectivity index (χ1v) is 11.4. The second-order valence-corrected chi connectivity index (χ2v) is 9.18. The molecular weight excluding hydrogens is 484 g/mol. The zero-order valence-corrected chi connectivity index (χ0v) is 19.1. The van der Waals surface area contributed by atoms with E-state index >= 15 is 0 Å². The van der Waals surface area contributed by atoms with Gasteiger partial charge in [-0.3, -0.25) is 0 Å². The van der Waals surface area contributed by atoms with E-state index in [2.05, 4.69) is 0 Å². The van der Waals surface area contributed by atoms with Crippen molar-refractivity contribution in [3.63, 3.8) is 0 Å². The second-order valence-electron chi connectivity index (χ2n) is 9.18. The normalized spacial score (nSPS) is 42.7. The topological polar surface area (TPSA) is 197 Å². The van der Waals surface area contributed by atoms with Crippen molar-refractivity contribution in [1.82, 2.24) is 0 Å². The summed E-state index contributed by atoms with van der Waals surface area (Å²) in [5.41, 5.74) is -1.03. The number of rotatable bonds is 7. The van der Waals surface area contributed by atoms with Gasteiger partial charge in [-0.05, 0) is 24.3 Å². The molecule has 0 spiro atoms. The van der Waals surface area contributed by atoms with Gasteiger partial charge in [0.2, 0.25) is 6.29 Å². The Morgan fingerprint density at radius 3 is 2.58 bits per heavy atom. The van der Waals surface area contributed by atoms with E-state index in [1.807, 2.05) is 0 Å². The molecule has 13 heteroatoms. The lowest BCUT2D eigenvalue weighted by molar-refractivity contribution is -0.344. The van der Waals surface area contributed by atoms with Crippen molar-refractivity contribution in [2.75, 3.05) is 20.3 Å². The smallest absolute Gasteiger partial charge is 0.338 e. The van der Waals surface area contributed by atoms with E-state index in [1.165, 1.54) is 31.6 Å². The van der Waals surface area contributed by atoms with E-state index in [-0.39, 0.29) is 17.1 Å². The van der Waals surface area contributed by atoms with Gasteiger partial charge in [0, 0.05) is 5.92 Å². The number of aliphatic hydroxyl groups excluding tert-OH is 5. The molecule has 3 fully saturated rings. The van der Waals surface area contributed by atoms with Gasteiger partial charge in [-0.25, -0.2) is 4.79 Å². The summed E-state index contributed by atoms with van der Waals surface area (Å²) >= 11 is 0. The average molecular weight is 512 g/mol. The van der Waals surface area contributed by atoms with Crippen molar-refractivity contribution in [1.29, 1.82) is 0 Å². The summed E-state index contributed by atoms with van der Waals surface area (Å²) in [5, 5.41) is 59.8. The maximum atomic E-state index is 12.9. The lowest BCUT2D eigenvalue weighted by Crippen LogP contribution is -2.60. The minimum absolute atomic E-state index is 0.0973. The first-order chi connectivity index (χ1) is 17.2. The van der Waals surface area contributed by atoms with Gasteiger partial charge in [-0.2, -0.15) is 0 Å². The third kappa shape index (κ3) is 3.92. The van der Waals surface area contributed by atoms with Gasteiger partial charge in [0.1, 0.15) is 42.2 Å². The zero-order chi connectivity index (χ0) is 25.8. The summed E-state index contributed by atoms with van der Waals surface area (Å²) in [5.74, 6) is -1.95. The summed E-state index contributed by atoms with van der Waals surface area (Å²) < 4.78 is 33.4. The highest BCUT2D eigenvalue weighted by atomic mass is 16.8. The Bertz CT molecular complexity index is 1010. The van der Waals surface area contributed by atoms with Crippen molar-refractivity contribution >= 4 is 5.97 Å². The van der Waals surface area contributed by atoms with Gasteiger partial charge in [0.05, 0.1) is 38.1 Å². The van der Waals surface area contributed by atoms with Crippen molar-refractivity contribution in [3.05, 3.63) is 36.1 Å². The van der Waals surface area contributed by atoms with Crippen LogP contribution in [0.1, 0.15) is 10.4 Å². The number of hydrogen-bond donors (Lipinski definition) is 6. The summed E-state index contributed by atoms with van der Waals surface area (Å²) in [7, 11) is 1.35. The van der Waals surface area contributed by atoms with E-state index in [1.54, 1.807) is 6.08 Å². The Labute approximate surface area is 205 Å². The number of carbonyl (C=O) groups excluding carboxylic acids is 1. The molecular formula is C23H28O13. The van der Waals surface area contributed by atoms with Crippen LogP contribution in [0.5, 0.6) is 11.5 Å². The largest absolute Gasteiger partial charge is 0.504 e. The maximum Gasteiger partial charge on any atom is 0.338 e. The molecule has 4 aliphatic rings. The lowest BCUT2D eigenvalue weighted by atomic mass is 9.85. The van der Waals surface area contributed by atoms with Crippen LogP contribution in [0.3, 0.4) is 0 Å². The van der Waals surface area contributed by atoms with Crippen LogP contribution in [-0.4, -0.2) is 112 Å². The molecule has 36 heavy (non-hydrogen) atoms. The Morgan fingerprint density at radius 2 is 1.89 bits per heavy atom. The minimum atomic E-state index is -1.66. The second kappa shape index (κ2) is 9.43. The summed E-state index contributed by atoms with van der Waals surface area (Å²) in [6, 6.07) is 4.02. The summed E-state index contributed by atoms with van der Waals surface area (Å²) in [6.07, 6.45) is -7.19. The highest BCUT2D eigenvalue weighted by Gasteiger charge is 2.77. The molecule has 13 nitrogen and oxygen atoms in total. The minimum Gasteiger partial charge on any atom is -0.504 e. The number of phenols is 1. The van der Waals surface area contributed by atoms with Gasteiger partial charge in [-0.15, -0.1) is 0 Å². The quantitative estimate of drug-likeness (QED) is 0.173. The van der Waals surface area contributed by atoms with Gasteiger partial charge in [0.25, 0.3) is 0 Å². The number of aliphatic hydroxyl groups is 5. The number of fused-ring (bicyclic) bond motifs is 3. The van der Waals surface area contributed by atoms with E-state index in [9.17, 15) is 35.4 Å². The third-order valence-corrected chi connectivity index (χ3v) is 7.26. The lowest BCUT2D eigenvalue weighted by Gasteiger charge is -2.43. The number of epoxide rings is 1. The van der Waals surface area contributed by atoms with Gasteiger partial charge < -0.3 is 59.1 Å². The summed E-state index contributed by atoms with van der Waals surface area (Å²) in [6.45, 7) is -1.07. The Hall–Kier alpha value is -2.49. The SMILES string of the molecule is COc1cc(C(=O)OC2C3OC3(CO)[C@@H]3C(O[C@@H]4O[C@H](CO)[C@@H](O)[C@@H](O)[C@H]4O)OC=C[C@H]23)ccc1O. The molecule has 3 heterocycles. The Balaban J connectivity index is 1.35. The van der Waals surface area contributed by atoms with Crippen LogP contribution in [0.25, 0.3) is 0 Å². The number of ether oxygens (including phenoxy) is 6. The van der Waals surface area contributed by atoms with Crippen molar-refractivity contribution in [2.45, 2.75) is 54.8 Å². The van der Waals surface area contributed by atoms with Crippen LogP contribution in [0, 0.1) is 11.8 Å². The van der Waals surface area contributed by atoms with Crippen LogP contribution in [0.4, 0.5) is 0 Å². The molecule has 0 amide bonds. The first-order valence-electron chi connectivity index (χ1n) is 11.4. The number of esters is 1. The van der Waals surface area contributed by atoms with Crippen LogP contribution >= 0.6 is 0 Å². The van der Waals surface area contributed by atoms with Crippen molar-refractivity contribution in [2.24, 2.45) is 11.8 Å². The predicted octanol–water partition coefficient (Wildman–Crippen LogP) is -2.01. The Morgan fingerprint density at radius 1 is 1.11 bits per heavy atom. The fraction of sp³-hybridized carbons (Fsp3) is 0.609. The number of aromatic hydroxyl groups is 1. The molecule has 1 aromatic rings. The number of benzene rings is 1. The van der Waals surface area contributed by atoms with Gasteiger partial charge >= 0.3 is 5.97 Å². The fourth-order valence-electron chi connectivity index (χ4n) is 5.28. The molecule has 198 valence electrons. The number of hydrogen-bond acceptors (Lipinski definition) is 13. The molecule has 1 saturated carbocycles. The predicted molar refractivity (Wildman–Crippen MR) is 114 cm³/mol. The van der Waals surface area contributed by atoms with Crippen LogP contribution in [0.2, 0.25) is 0 Å². The number of carbonyl (C=O) groups is 1. The number of methoxy groups -OCH3 is 1. The average Bonchev–Trinajstić information content (AvgIpc) is 3.56. The van der Waals surface area contributed by atoms with Crippen LogP contribution in [0.15, 0.2) is 30.5 Å². The molecule has 5 rings (SSSR count). The molecule has 0 bridgehead atoms. The highest BCUT2D eigenvalue weighted by Crippen LogP contribution is 2.60. The highest BCUT2D eigenvalue weighted by molar-refractivity contribution is 5.90.